The van der Waals surface area contributed by atoms with Gasteiger partial charge in [0.05, 0.1) is 11.0 Å². The molecule has 16 aromatic rings. The van der Waals surface area contributed by atoms with Gasteiger partial charge in [-0.15, -0.1) is 0 Å². The summed E-state index contributed by atoms with van der Waals surface area (Å²) in [5.41, 5.74) is 15.4. The summed E-state index contributed by atoms with van der Waals surface area (Å²) in [5, 5.41) is 15.0. The number of hydrogen-bond acceptors (Lipinski definition) is 3. The Morgan fingerprint density at radius 3 is 0.899 bits per heavy atom. The summed E-state index contributed by atoms with van der Waals surface area (Å²) in [6, 6.07) is 101. The molecule has 16 rings (SSSR count). The number of benzene rings is 14. The molecule has 0 saturated heterocycles. The summed E-state index contributed by atoms with van der Waals surface area (Å²) in [7, 11) is 0. The van der Waals surface area contributed by atoms with Gasteiger partial charge in [0.25, 0.3) is 0 Å². The van der Waals surface area contributed by atoms with E-state index in [1.165, 1.54) is 86.8 Å². The maximum absolute atomic E-state index is 5.17. The third-order valence-electron chi connectivity index (χ3n) is 16.2. The van der Waals surface area contributed by atoms with Crippen LogP contribution in [-0.4, -0.2) is 19.5 Å². The van der Waals surface area contributed by atoms with Crippen LogP contribution in [0.15, 0.2) is 279 Å². The number of aromatic nitrogens is 4. The minimum absolute atomic E-state index is 0.613. The third kappa shape index (κ3) is 7.05. The van der Waals surface area contributed by atoms with E-state index in [0.29, 0.717) is 17.5 Å². The van der Waals surface area contributed by atoms with Crippen LogP contribution in [0, 0.1) is 0 Å². The van der Waals surface area contributed by atoms with Gasteiger partial charge in [0.2, 0.25) is 0 Å². The zero-order valence-electron chi connectivity index (χ0n) is 42.8. The largest absolute Gasteiger partial charge is 0.309 e. The Labute approximate surface area is 456 Å². The highest BCUT2D eigenvalue weighted by atomic mass is 15.0. The minimum Gasteiger partial charge on any atom is -0.309 e. The van der Waals surface area contributed by atoms with Crippen LogP contribution in [0.25, 0.3) is 160 Å². The van der Waals surface area contributed by atoms with Crippen LogP contribution < -0.4 is 0 Å². The van der Waals surface area contributed by atoms with Crippen molar-refractivity contribution in [3.05, 3.63) is 279 Å². The lowest BCUT2D eigenvalue weighted by atomic mass is 9.75. The molecular formula is C75H46N4. The number of nitrogens with zero attached hydrogens (tertiary/aromatic N) is 4. The summed E-state index contributed by atoms with van der Waals surface area (Å²) in [6.45, 7) is 0. The molecular weight excluding hydrogens is 957 g/mol. The van der Waals surface area contributed by atoms with Crippen molar-refractivity contribution in [3.8, 4) is 84.4 Å². The molecule has 0 saturated carbocycles. The van der Waals surface area contributed by atoms with Gasteiger partial charge in [-0.2, -0.15) is 0 Å². The SMILES string of the molecule is c1ccc(-c2nc(-c3ccccc3)nc(-c3ccc(-c4c(-c5ccc(-n6c7ccccc7c7ccccc76)cc5)c(-c5ccccc5)c5c6cccc7c8ccccc8c8cccc(c5c4-c4ccccc4)c8c76)cc3)n2)cc1. The summed E-state index contributed by atoms with van der Waals surface area (Å²) in [6.07, 6.45) is 0. The van der Waals surface area contributed by atoms with E-state index in [4.69, 9.17) is 15.0 Å². The Balaban J connectivity index is 1.04. The van der Waals surface area contributed by atoms with Gasteiger partial charge in [-0.1, -0.05) is 255 Å². The molecule has 0 aliphatic rings. The minimum atomic E-state index is 0.613. The van der Waals surface area contributed by atoms with E-state index in [9.17, 15) is 0 Å². The van der Waals surface area contributed by atoms with Crippen molar-refractivity contribution >= 4 is 75.7 Å². The van der Waals surface area contributed by atoms with Crippen LogP contribution in [0.5, 0.6) is 0 Å². The van der Waals surface area contributed by atoms with E-state index in [-0.39, 0.29) is 0 Å². The Kier molecular flexibility index (Phi) is 10.2. The van der Waals surface area contributed by atoms with Crippen LogP contribution in [-0.2, 0) is 0 Å². The first-order chi connectivity index (χ1) is 39.2. The van der Waals surface area contributed by atoms with Crippen LogP contribution in [0.4, 0.5) is 0 Å². The molecule has 0 bridgehead atoms. The van der Waals surface area contributed by atoms with Crippen molar-refractivity contribution in [3.63, 3.8) is 0 Å². The first-order valence-electron chi connectivity index (χ1n) is 27.0. The predicted octanol–water partition coefficient (Wildman–Crippen LogP) is 19.8. The quantitative estimate of drug-likeness (QED) is 0.113. The van der Waals surface area contributed by atoms with Crippen molar-refractivity contribution in [2.45, 2.75) is 0 Å². The van der Waals surface area contributed by atoms with Crippen molar-refractivity contribution in [2.24, 2.45) is 0 Å². The number of fused-ring (bicyclic) bond motifs is 9. The fraction of sp³-hybridized carbons (Fsp3) is 0. The Hall–Kier alpha value is -10.6. The van der Waals surface area contributed by atoms with Gasteiger partial charge >= 0.3 is 0 Å². The molecule has 0 N–H and O–H groups in total. The summed E-state index contributed by atoms with van der Waals surface area (Å²) in [4.78, 5) is 15.4. The topological polar surface area (TPSA) is 43.6 Å². The summed E-state index contributed by atoms with van der Waals surface area (Å²) < 4.78 is 2.41. The maximum Gasteiger partial charge on any atom is 0.164 e. The number of para-hydroxylation sites is 2. The van der Waals surface area contributed by atoms with Gasteiger partial charge in [-0.25, -0.2) is 15.0 Å². The van der Waals surface area contributed by atoms with Crippen molar-refractivity contribution in [1.82, 2.24) is 19.5 Å². The van der Waals surface area contributed by atoms with E-state index in [0.717, 1.165) is 55.8 Å². The molecule has 79 heavy (non-hydrogen) atoms. The molecule has 0 amide bonds. The second-order valence-corrected chi connectivity index (χ2v) is 20.5. The molecule has 0 fully saturated rings. The lowest BCUT2D eigenvalue weighted by molar-refractivity contribution is 1.07. The average molecular weight is 1000 g/mol. The Morgan fingerprint density at radius 2 is 0.481 bits per heavy atom. The van der Waals surface area contributed by atoms with E-state index in [2.05, 4.69) is 247 Å². The normalized spacial score (nSPS) is 11.8. The van der Waals surface area contributed by atoms with Crippen molar-refractivity contribution in [1.29, 1.82) is 0 Å². The number of rotatable bonds is 8. The highest BCUT2D eigenvalue weighted by molar-refractivity contribution is 6.43. The highest BCUT2D eigenvalue weighted by Crippen LogP contribution is 2.56. The van der Waals surface area contributed by atoms with Gasteiger partial charge < -0.3 is 4.57 Å². The average Bonchev–Trinajstić information content (AvgIpc) is 3.82. The second kappa shape index (κ2) is 18.1. The first kappa shape index (κ1) is 44.7. The molecule has 0 radical (unpaired) electrons. The van der Waals surface area contributed by atoms with E-state index in [1.54, 1.807) is 0 Å². The zero-order chi connectivity index (χ0) is 52.0. The van der Waals surface area contributed by atoms with Crippen LogP contribution in [0.3, 0.4) is 0 Å². The van der Waals surface area contributed by atoms with E-state index >= 15 is 0 Å². The molecule has 0 spiro atoms. The van der Waals surface area contributed by atoms with Gasteiger partial charge in [-0.05, 0) is 123 Å². The smallest absolute Gasteiger partial charge is 0.164 e. The predicted molar refractivity (Wildman–Crippen MR) is 331 cm³/mol. The van der Waals surface area contributed by atoms with Crippen molar-refractivity contribution < 1.29 is 0 Å². The Morgan fingerprint density at radius 1 is 0.190 bits per heavy atom. The second-order valence-electron chi connectivity index (χ2n) is 20.5. The van der Waals surface area contributed by atoms with Gasteiger partial charge in [0.1, 0.15) is 0 Å². The van der Waals surface area contributed by atoms with Gasteiger partial charge in [0.15, 0.2) is 17.5 Å². The fourth-order valence-electron chi connectivity index (χ4n) is 12.8. The standard InChI is InChI=1S/C75H46N4/c1-5-21-47(22-6-1)67-65(49-39-41-53(42-40-49)75-77-73(51-25-9-3-10-26-51)76-74(78-75)52-27-11-4-12-28-52)66(50-43-45-54(46-44-50)79-63-37-17-15-31-57(63)58-32-16-18-38-64(58)79)68(48-23-7-2-8-24-48)72-62-36-20-34-60-56-30-14-13-29-55(56)59-33-19-35-61(71(67)72)69(59)70(60)62/h1-46H. The lowest BCUT2D eigenvalue weighted by Gasteiger charge is -2.27. The lowest BCUT2D eigenvalue weighted by Crippen LogP contribution is -2.01. The van der Waals surface area contributed by atoms with Crippen LogP contribution >= 0.6 is 0 Å². The Bertz CT molecular complexity index is 4900. The van der Waals surface area contributed by atoms with E-state index < -0.39 is 0 Å². The van der Waals surface area contributed by atoms with Gasteiger partial charge in [0, 0.05) is 33.2 Å². The van der Waals surface area contributed by atoms with Crippen LogP contribution in [0.2, 0.25) is 0 Å². The van der Waals surface area contributed by atoms with E-state index in [1.807, 2.05) is 36.4 Å². The monoisotopic (exact) mass is 1000 g/mol. The summed E-state index contributed by atoms with van der Waals surface area (Å²) >= 11 is 0. The van der Waals surface area contributed by atoms with Crippen molar-refractivity contribution in [2.75, 3.05) is 0 Å². The molecule has 366 valence electrons. The number of hydrogen-bond donors (Lipinski definition) is 0. The summed E-state index contributed by atoms with van der Waals surface area (Å²) in [5.74, 6) is 1.87. The van der Waals surface area contributed by atoms with Gasteiger partial charge in [-0.3, -0.25) is 0 Å². The molecule has 14 aromatic carbocycles. The highest BCUT2D eigenvalue weighted by Gasteiger charge is 2.29. The zero-order valence-corrected chi connectivity index (χ0v) is 42.8. The van der Waals surface area contributed by atoms with Crippen LogP contribution in [0.1, 0.15) is 0 Å². The molecule has 2 aromatic heterocycles. The molecule has 0 atom stereocenters. The molecule has 4 nitrogen and oxygen atoms in total. The molecule has 0 aliphatic carbocycles. The molecule has 0 unspecified atom stereocenters. The first-order valence-corrected chi connectivity index (χ1v) is 27.0. The molecule has 4 heteroatoms. The maximum atomic E-state index is 5.17. The molecule has 0 aliphatic heterocycles. The third-order valence-corrected chi connectivity index (χ3v) is 16.2. The fourth-order valence-corrected chi connectivity index (χ4v) is 12.8. The molecule has 2 heterocycles.